The summed E-state index contributed by atoms with van der Waals surface area (Å²) < 4.78 is 10.9. The average Bonchev–Trinajstić information content (AvgIpc) is 3.15. The Bertz CT molecular complexity index is 698. The van der Waals surface area contributed by atoms with E-state index in [9.17, 15) is 9.59 Å². The van der Waals surface area contributed by atoms with Gasteiger partial charge in [0.15, 0.2) is 0 Å². The van der Waals surface area contributed by atoms with Gasteiger partial charge >= 0.3 is 5.97 Å². The normalized spacial score (nSPS) is 35.1. The molecule has 5 nitrogen and oxygen atoms in total. The van der Waals surface area contributed by atoms with E-state index < -0.39 is 17.4 Å². The lowest BCUT2D eigenvalue weighted by Gasteiger charge is -2.22. The predicted molar refractivity (Wildman–Crippen MR) is 79.3 cm³/mol. The van der Waals surface area contributed by atoms with E-state index in [1.807, 2.05) is 43.3 Å². The number of para-hydroxylation sites is 1. The molecule has 3 heterocycles. The first-order chi connectivity index (χ1) is 10.6. The fourth-order valence-electron chi connectivity index (χ4n) is 3.97. The van der Waals surface area contributed by atoms with Gasteiger partial charge in [0.25, 0.3) is 0 Å². The monoisotopic (exact) mass is 299 g/mol. The first-order valence-corrected chi connectivity index (χ1v) is 7.39. The molecule has 114 valence electrons. The molecule has 0 radical (unpaired) electrons. The Morgan fingerprint density at radius 1 is 1.41 bits per heavy atom. The maximum absolute atomic E-state index is 13.0. The van der Waals surface area contributed by atoms with Crippen molar-refractivity contribution in [3.05, 3.63) is 42.0 Å². The second kappa shape index (κ2) is 4.43. The summed E-state index contributed by atoms with van der Waals surface area (Å²) >= 11 is 0. The van der Waals surface area contributed by atoms with Crippen LogP contribution in [0.4, 0.5) is 5.69 Å². The van der Waals surface area contributed by atoms with Gasteiger partial charge in [-0.05, 0) is 18.6 Å². The van der Waals surface area contributed by atoms with Crippen LogP contribution in [-0.2, 0) is 19.1 Å². The molecule has 0 N–H and O–H groups in total. The minimum absolute atomic E-state index is 0.0587. The molecule has 4 atom stereocenters. The minimum Gasteiger partial charge on any atom is -0.469 e. The number of carbonyl (C=O) groups excluding carboxylic acids is 2. The fraction of sp³-hybridized carbons (Fsp3) is 0.412. The number of methoxy groups -OCH3 is 1. The topological polar surface area (TPSA) is 55.8 Å². The molecule has 0 aromatic heterocycles. The third-order valence-corrected chi connectivity index (χ3v) is 4.98. The highest BCUT2D eigenvalue weighted by Crippen LogP contribution is 2.53. The maximum Gasteiger partial charge on any atom is 0.312 e. The highest BCUT2D eigenvalue weighted by atomic mass is 16.5. The Hall–Kier alpha value is -2.14. The van der Waals surface area contributed by atoms with Crippen molar-refractivity contribution in [3.63, 3.8) is 0 Å². The summed E-state index contributed by atoms with van der Waals surface area (Å²) in [6, 6.07) is 7.75. The van der Waals surface area contributed by atoms with E-state index in [4.69, 9.17) is 9.47 Å². The van der Waals surface area contributed by atoms with Crippen molar-refractivity contribution >= 4 is 17.6 Å². The predicted octanol–water partition coefficient (Wildman–Crippen LogP) is 1.45. The van der Waals surface area contributed by atoms with Crippen LogP contribution in [0.2, 0.25) is 0 Å². The van der Waals surface area contributed by atoms with Crippen molar-refractivity contribution in [1.82, 2.24) is 0 Å². The minimum atomic E-state index is -0.692. The highest BCUT2D eigenvalue weighted by molar-refractivity contribution is 6.03. The Morgan fingerprint density at radius 3 is 2.91 bits per heavy atom. The van der Waals surface area contributed by atoms with Crippen LogP contribution in [0.5, 0.6) is 0 Å². The summed E-state index contributed by atoms with van der Waals surface area (Å²) in [6.45, 7) is 2.42. The van der Waals surface area contributed by atoms with E-state index in [2.05, 4.69) is 0 Å². The van der Waals surface area contributed by atoms with Crippen LogP contribution < -0.4 is 4.90 Å². The summed E-state index contributed by atoms with van der Waals surface area (Å²) in [7, 11) is 1.35. The van der Waals surface area contributed by atoms with Gasteiger partial charge < -0.3 is 14.4 Å². The molecule has 1 spiro atoms. The molecule has 1 aromatic carbocycles. The molecule has 3 aliphatic heterocycles. The molecular weight excluding hydrogens is 282 g/mol. The number of fused-ring (bicyclic) bond motifs is 1. The van der Waals surface area contributed by atoms with Crippen LogP contribution in [0.1, 0.15) is 5.56 Å². The van der Waals surface area contributed by atoms with Gasteiger partial charge in [0.1, 0.15) is 11.5 Å². The lowest BCUT2D eigenvalue weighted by Crippen LogP contribution is -2.39. The number of hydrogen-bond donors (Lipinski definition) is 0. The van der Waals surface area contributed by atoms with Crippen molar-refractivity contribution in [2.24, 2.45) is 11.8 Å². The summed E-state index contributed by atoms with van der Waals surface area (Å²) in [5.41, 5.74) is 1.21. The number of aryl methyl sites for hydroxylation is 1. The number of hydrogen-bond acceptors (Lipinski definition) is 4. The number of rotatable bonds is 2. The van der Waals surface area contributed by atoms with Crippen molar-refractivity contribution in [2.45, 2.75) is 18.6 Å². The van der Waals surface area contributed by atoms with Gasteiger partial charge in [-0.25, -0.2) is 0 Å². The molecule has 3 aliphatic rings. The van der Waals surface area contributed by atoms with E-state index in [0.29, 0.717) is 6.54 Å². The number of nitrogens with zero attached hydrogens (tertiary/aromatic N) is 1. The Kier molecular flexibility index (Phi) is 2.72. The fourth-order valence-corrected chi connectivity index (χ4v) is 3.97. The Morgan fingerprint density at radius 2 is 2.18 bits per heavy atom. The van der Waals surface area contributed by atoms with Crippen LogP contribution in [0.15, 0.2) is 36.4 Å². The number of ether oxygens (including phenoxy) is 2. The van der Waals surface area contributed by atoms with Crippen LogP contribution in [0.3, 0.4) is 0 Å². The van der Waals surface area contributed by atoms with Crippen molar-refractivity contribution in [2.75, 3.05) is 18.6 Å². The third-order valence-electron chi connectivity index (χ3n) is 4.98. The second-order valence-electron chi connectivity index (χ2n) is 6.13. The van der Waals surface area contributed by atoms with Crippen LogP contribution in [-0.4, -0.2) is 37.2 Å². The number of benzene rings is 1. The van der Waals surface area contributed by atoms with Crippen LogP contribution in [0.25, 0.3) is 0 Å². The summed E-state index contributed by atoms with van der Waals surface area (Å²) in [4.78, 5) is 26.8. The van der Waals surface area contributed by atoms with Crippen LogP contribution in [0, 0.1) is 18.8 Å². The van der Waals surface area contributed by atoms with Gasteiger partial charge in [-0.3, -0.25) is 9.59 Å². The zero-order valence-corrected chi connectivity index (χ0v) is 12.5. The van der Waals surface area contributed by atoms with Gasteiger partial charge in [0.05, 0.1) is 25.7 Å². The van der Waals surface area contributed by atoms with Gasteiger partial charge in [-0.2, -0.15) is 0 Å². The number of anilines is 1. The largest absolute Gasteiger partial charge is 0.469 e. The van der Waals surface area contributed by atoms with Gasteiger partial charge in [-0.1, -0.05) is 30.4 Å². The molecule has 2 saturated heterocycles. The van der Waals surface area contributed by atoms with Crippen molar-refractivity contribution in [1.29, 1.82) is 0 Å². The molecule has 22 heavy (non-hydrogen) atoms. The molecule has 1 aromatic rings. The highest BCUT2D eigenvalue weighted by Gasteiger charge is 2.67. The van der Waals surface area contributed by atoms with Gasteiger partial charge in [0, 0.05) is 5.69 Å². The lowest BCUT2D eigenvalue weighted by molar-refractivity contribution is -0.149. The second-order valence-corrected chi connectivity index (χ2v) is 6.13. The summed E-state index contributed by atoms with van der Waals surface area (Å²) in [5.74, 6) is -1.47. The number of esters is 1. The SMILES string of the molecule is COC(=O)[C@H]1[C@H]2C(=O)N(c3ccccc3C)C[C@@]23C=C[C@H]1O3. The van der Waals surface area contributed by atoms with E-state index in [1.54, 1.807) is 4.90 Å². The lowest BCUT2D eigenvalue weighted by atomic mass is 9.77. The quantitative estimate of drug-likeness (QED) is 0.613. The van der Waals surface area contributed by atoms with Gasteiger partial charge in [0.2, 0.25) is 5.91 Å². The first-order valence-electron chi connectivity index (χ1n) is 7.39. The van der Waals surface area contributed by atoms with Crippen molar-refractivity contribution < 1.29 is 19.1 Å². The Balaban J connectivity index is 1.75. The van der Waals surface area contributed by atoms with Crippen LogP contribution >= 0.6 is 0 Å². The summed E-state index contributed by atoms with van der Waals surface area (Å²) in [5, 5.41) is 0. The van der Waals surface area contributed by atoms with Gasteiger partial charge in [-0.15, -0.1) is 0 Å². The average molecular weight is 299 g/mol. The first kappa shape index (κ1) is 13.5. The standard InChI is InChI=1S/C17H17NO4/c1-10-5-3-4-6-11(10)18-9-17-8-7-12(22-17)13(16(20)21-2)14(17)15(18)19/h3-8,12-14H,9H2,1-2H3/t12-,13-,14+,17+/m1/s1. The molecule has 2 fully saturated rings. The smallest absolute Gasteiger partial charge is 0.312 e. The van der Waals surface area contributed by atoms with Crippen molar-refractivity contribution in [3.8, 4) is 0 Å². The molecule has 0 saturated carbocycles. The molecule has 0 aliphatic carbocycles. The molecule has 0 unspecified atom stereocenters. The number of amides is 1. The van der Waals surface area contributed by atoms with E-state index in [0.717, 1.165) is 11.3 Å². The van der Waals surface area contributed by atoms with E-state index in [1.165, 1.54) is 7.11 Å². The summed E-state index contributed by atoms with van der Waals surface area (Å²) in [6.07, 6.45) is 3.48. The Labute approximate surface area is 128 Å². The molecule has 1 amide bonds. The zero-order valence-electron chi connectivity index (χ0n) is 12.5. The molecular formula is C17H17NO4. The van der Waals surface area contributed by atoms with E-state index >= 15 is 0 Å². The molecule has 5 heteroatoms. The molecule has 4 rings (SSSR count). The molecule has 2 bridgehead atoms. The maximum atomic E-state index is 13.0. The van der Waals surface area contributed by atoms with E-state index in [-0.39, 0.29) is 18.0 Å². The third kappa shape index (κ3) is 1.57. The zero-order chi connectivity index (χ0) is 15.5. The number of carbonyl (C=O) groups is 2.